The molecule has 106 valence electrons. The van der Waals surface area contributed by atoms with Gasteiger partial charge in [-0.15, -0.1) is 0 Å². The molecule has 1 aromatic heterocycles. The zero-order valence-corrected chi connectivity index (χ0v) is 10.9. The summed E-state index contributed by atoms with van der Waals surface area (Å²) in [6.45, 7) is 1.73. The van der Waals surface area contributed by atoms with Gasteiger partial charge in [0.15, 0.2) is 0 Å². The van der Waals surface area contributed by atoms with Crippen LogP contribution in [0.25, 0.3) is 0 Å². The third-order valence-electron chi connectivity index (χ3n) is 3.07. The van der Waals surface area contributed by atoms with E-state index in [1.165, 1.54) is 17.2 Å². The highest BCUT2D eigenvalue weighted by atomic mass is 16.2. The lowest BCUT2D eigenvalue weighted by Crippen LogP contribution is -2.58. The van der Waals surface area contributed by atoms with Crippen molar-refractivity contribution < 1.29 is 14.4 Å². The third-order valence-corrected chi connectivity index (χ3v) is 3.07. The van der Waals surface area contributed by atoms with Crippen molar-refractivity contribution in [1.29, 1.82) is 0 Å². The van der Waals surface area contributed by atoms with Gasteiger partial charge in [0.2, 0.25) is 11.8 Å². The van der Waals surface area contributed by atoms with Crippen molar-refractivity contribution in [2.24, 2.45) is 5.73 Å². The van der Waals surface area contributed by atoms with Gasteiger partial charge in [-0.05, 0) is 12.5 Å². The maximum Gasteiger partial charge on any atom is 0.252 e. The molecule has 0 saturated carbocycles. The van der Waals surface area contributed by atoms with Crippen LogP contribution in [0.2, 0.25) is 0 Å². The molecule has 1 aromatic rings. The summed E-state index contributed by atoms with van der Waals surface area (Å²) in [5, 5.41) is 2.25. The van der Waals surface area contributed by atoms with Gasteiger partial charge in [-0.2, -0.15) is 0 Å². The summed E-state index contributed by atoms with van der Waals surface area (Å²) >= 11 is 0. The number of piperazine rings is 1. The van der Waals surface area contributed by atoms with Gasteiger partial charge in [0, 0.05) is 0 Å². The van der Waals surface area contributed by atoms with E-state index in [0.717, 1.165) is 0 Å². The average Bonchev–Trinajstić information content (AvgIpc) is 2.37. The molecule has 3 amide bonds. The fourth-order valence-electron chi connectivity index (χ4n) is 2.18. The van der Waals surface area contributed by atoms with Crippen molar-refractivity contribution in [2.45, 2.75) is 19.4 Å². The summed E-state index contributed by atoms with van der Waals surface area (Å²) < 4.78 is 0. The Morgan fingerprint density at radius 2 is 2.25 bits per heavy atom. The molecule has 8 nitrogen and oxygen atoms in total. The molecule has 1 unspecified atom stereocenters. The van der Waals surface area contributed by atoms with Crippen molar-refractivity contribution in [1.82, 2.24) is 10.3 Å². The molecule has 0 bridgehead atoms. The first kappa shape index (κ1) is 13.8. The molecular formula is C12H15N5O3. The predicted octanol–water partition coefficient (Wildman–Crippen LogP) is -0.996. The number of amides is 3. The largest absolute Gasteiger partial charge is 0.397 e. The lowest BCUT2D eigenvalue weighted by Gasteiger charge is -2.35. The fourth-order valence-corrected chi connectivity index (χ4v) is 2.18. The topological polar surface area (TPSA) is 131 Å². The van der Waals surface area contributed by atoms with E-state index in [9.17, 15) is 14.4 Å². The molecule has 1 saturated heterocycles. The molecule has 0 radical (unpaired) electrons. The number of nitrogens with two attached hydrogens (primary N) is 2. The molecule has 0 aliphatic carbocycles. The van der Waals surface area contributed by atoms with Gasteiger partial charge in [-0.1, -0.05) is 6.92 Å². The van der Waals surface area contributed by atoms with Crippen LogP contribution in [-0.4, -0.2) is 35.3 Å². The van der Waals surface area contributed by atoms with Crippen molar-refractivity contribution >= 4 is 29.2 Å². The highest BCUT2D eigenvalue weighted by Gasteiger charge is 2.34. The minimum atomic E-state index is -0.715. The molecule has 1 atom stereocenters. The first-order chi connectivity index (χ1) is 9.43. The normalized spacial score (nSPS) is 18.9. The number of nitrogen functional groups attached to an aromatic ring is 1. The fraction of sp³-hybridized carbons (Fsp3) is 0.333. The van der Waals surface area contributed by atoms with E-state index >= 15 is 0 Å². The Morgan fingerprint density at radius 3 is 2.85 bits per heavy atom. The first-order valence-electron chi connectivity index (χ1n) is 6.09. The van der Waals surface area contributed by atoms with E-state index in [4.69, 9.17) is 11.5 Å². The minimum Gasteiger partial charge on any atom is -0.397 e. The number of nitrogens with one attached hydrogen (secondary N) is 1. The van der Waals surface area contributed by atoms with Gasteiger partial charge in [-0.3, -0.25) is 19.7 Å². The second-order valence-corrected chi connectivity index (χ2v) is 4.47. The summed E-state index contributed by atoms with van der Waals surface area (Å²) in [5.41, 5.74) is 11.3. The molecule has 0 aromatic carbocycles. The Hall–Kier alpha value is -2.64. The lowest BCUT2D eigenvalue weighted by molar-refractivity contribution is -0.132. The number of carbonyl (C=O) groups excluding carboxylic acids is 3. The maximum atomic E-state index is 11.8. The van der Waals surface area contributed by atoms with Crippen molar-refractivity contribution in [3.05, 3.63) is 17.8 Å². The van der Waals surface area contributed by atoms with Gasteiger partial charge in [-0.25, -0.2) is 4.98 Å². The summed E-state index contributed by atoms with van der Waals surface area (Å²) in [7, 11) is 0. The van der Waals surface area contributed by atoms with Crippen molar-refractivity contribution in [3.63, 3.8) is 0 Å². The standard InChI is InChI=1S/C12H15N5O3/c1-2-8-12(20)16-9(18)5-17(8)11-7(10(14)19)3-6(13)4-15-11/h3-4,8H,2,5,13H2,1H3,(H2,14,19)(H,16,18,20). The van der Waals surface area contributed by atoms with E-state index in [-0.39, 0.29) is 23.6 Å². The zero-order chi connectivity index (χ0) is 14.9. The predicted molar refractivity (Wildman–Crippen MR) is 71.7 cm³/mol. The Balaban J connectivity index is 2.50. The van der Waals surface area contributed by atoms with Crippen LogP contribution in [0.4, 0.5) is 11.5 Å². The van der Waals surface area contributed by atoms with Crippen molar-refractivity contribution in [2.75, 3.05) is 17.2 Å². The van der Waals surface area contributed by atoms with E-state index in [0.29, 0.717) is 6.42 Å². The second-order valence-electron chi connectivity index (χ2n) is 4.47. The van der Waals surface area contributed by atoms with E-state index in [2.05, 4.69) is 10.3 Å². The van der Waals surface area contributed by atoms with Crippen molar-refractivity contribution in [3.8, 4) is 0 Å². The molecule has 0 spiro atoms. The number of nitrogens with zero attached hydrogens (tertiary/aromatic N) is 2. The lowest BCUT2D eigenvalue weighted by atomic mass is 10.1. The minimum absolute atomic E-state index is 0.0680. The number of hydrogen-bond acceptors (Lipinski definition) is 6. The van der Waals surface area contributed by atoms with E-state index in [1.54, 1.807) is 6.92 Å². The number of anilines is 2. The van der Waals surface area contributed by atoms with Gasteiger partial charge >= 0.3 is 0 Å². The summed E-state index contributed by atoms with van der Waals surface area (Å²) in [5.74, 6) is -1.39. The van der Waals surface area contributed by atoms with Gasteiger partial charge in [0.1, 0.15) is 11.9 Å². The smallest absolute Gasteiger partial charge is 0.252 e. The number of aromatic nitrogens is 1. The summed E-state index contributed by atoms with van der Waals surface area (Å²) in [6, 6.07) is 0.802. The van der Waals surface area contributed by atoms with Crippen LogP contribution >= 0.6 is 0 Å². The average molecular weight is 277 g/mol. The number of primary amides is 1. The Kier molecular flexibility index (Phi) is 3.55. The molecule has 5 N–H and O–H groups in total. The SMILES string of the molecule is CCC1C(=O)NC(=O)CN1c1ncc(N)cc1C(N)=O. The number of imide groups is 1. The number of pyridine rings is 1. The Morgan fingerprint density at radius 1 is 1.55 bits per heavy atom. The summed E-state index contributed by atoms with van der Waals surface area (Å²) in [4.78, 5) is 40.4. The maximum absolute atomic E-state index is 11.8. The first-order valence-corrected chi connectivity index (χ1v) is 6.09. The monoisotopic (exact) mass is 277 g/mol. The summed E-state index contributed by atoms with van der Waals surface area (Å²) in [6.07, 6.45) is 1.81. The Bertz CT molecular complexity index is 586. The van der Waals surface area contributed by atoms with Crippen LogP contribution in [-0.2, 0) is 9.59 Å². The van der Waals surface area contributed by atoms with Crippen LogP contribution in [0.3, 0.4) is 0 Å². The molecule has 1 aliphatic heterocycles. The van der Waals surface area contributed by atoms with Crippen LogP contribution < -0.4 is 21.7 Å². The van der Waals surface area contributed by atoms with Crippen LogP contribution in [0.5, 0.6) is 0 Å². The van der Waals surface area contributed by atoms with Gasteiger partial charge in [0.25, 0.3) is 5.91 Å². The molecule has 2 heterocycles. The molecular weight excluding hydrogens is 262 g/mol. The molecule has 20 heavy (non-hydrogen) atoms. The molecule has 8 heteroatoms. The van der Waals surface area contributed by atoms with Gasteiger partial charge in [0.05, 0.1) is 24.0 Å². The highest BCUT2D eigenvalue weighted by Crippen LogP contribution is 2.24. The molecule has 2 rings (SSSR count). The van der Waals surface area contributed by atoms with Gasteiger partial charge < -0.3 is 16.4 Å². The van der Waals surface area contributed by atoms with E-state index < -0.39 is 23.8 Å². The zero-order valence-electron chi connectivity index (χ0n) is 10.9. The van der Waals surface area contributed by atoms with Crippen LogP contribution in [0, 0.1) is 0 Å². The Labute approximate surface area is 115 Å². The quantitative estimate of drug-likeness (QED) is 0.607. The second kappa shape index (κ2) is 5.16. The third kappa shape index (κ3) is 2.40. The van der Waals surface area contributed by atoms with E-state index in [1.807, 2.05) is 0 Å². The number of hydrogen-bond donors (Lipinski definition) is 3. The van der Waals surface area contributed by atoms with Crippen LogP contribution in [0.1, 0.15) is 23.7 Å². The van der Waals surface area contributed by atoms with Crippen LogP contribution in [0.15, 0.2) is 12.3 Å². The molecule has 1 aliphatic rings. The number of rotatable bonds is 3. The molecule has 1 fully saturated rings. The number of carbonyl (C=O) groups is 3. The highest BCUT2D eigenvalue weighted by molar-refractivity contribution is 6.06.